The highest BCUT2D eigenvalue weighted by Gasteiger charge is 2.21. The highest BCUT2D eigenvalue weighted by atomic mass is 19.1. The van der Waals surface area contributed by atoms with Crippen LogP contribution in [0.4, 0.5) is 4.39 Å². The van der Waals surface area contributed by atoms with Gasteiger partial charge in [0.2, 0.25) is 0 Å². The maximum absolute atomic E-state index is 14.9. The summed E-state index contributed by atoms with van der Waals surface area (Å²) in [5, 5.41) is 0. The van der Waals surface area contributed by atoms with Crippen LogP contribution in [0.2, 0.25) is 0 Å². The van der Waals surface area contributed by atoms with E-state index in [4.69, 9.17) is 14.2 Å². The highest BCUT2D eigenvalue weighted by Crippen LogP contribution is 2.37. The van der Waals surface area contributed by atoms with Crippen molar-refractivity contribution in [2.24, 2.45) is 0 Å². The van der Waals surface area contributed by atoms with Crippen LogP contribution < -0.4 is 9.47 Å². The van der Waals surface area contributed by atoms with Crippen molar-refractivity contribution >= 4 is 5.97 Å². The van der Waals surface area contributed by atoms with Gasteiger partial charge in [-0.05, 0) is 70.5 Å². The Hall–Kier alpha value is -3.60. The van der Waals surface area contributed by atoms with Gasteiger partial charge >= 0.3 is 5.97 Å². The number of halogens is 1. The lowest BCUT2D eigenvalue weighted by atomic mass is 9.81. The molecule has 0 saturated carbocycles. The lowest BCUT2D eigenvalue weighted by Crippen LogP contribution is -2.13. The zero-order valence-corrected chi connectivity index (χ0v) is 22.6. The largest absolute Gasteiger partial charge is 0.497 e. The van der Waals surface area contributed by atoms with Crippen LogP contribution in [-0.4, -0.2) is 20.2 Å². The van der Waals surface area contributed by atoms with Crippen molar-refractivity contribution in [3.8, 4) is 22.6 Å². The summed E-state index contributed by atoms with van der Waals surface area (Å²) in [5.41, 5.74) is 4.16. The first-order chi connectivity index (χ1) is 17.7. The van der Waals surface area contributed by atoms with E-state index in [0.29, 0.717) is 23.7 Å². The summed E-state index contributed by atoms with van der Waals surface area (Å²) in [6, 6.07) is 18.6. The van der Waals surface area contributed by atoms with Crippen LogP contribution in [0.25, 0.3) is 11.1 Å². The molecule has 0 aromatic heterocycles. The number of benzene rings is 3. The first kappa shape index (κ1) is 28.0. The zero-order valence-electron chi connectivity index (χ0n) is 22.6. The highest BCUT2D eigenvalue weighted by molar-refractivity contribution is 5.72. The third-order valence-corrected chi connectivity index (χ3v) is 6.29. The number of hydrogen-bond donors (Lipinski definition) is 0. The molecule has 196 valence electrons. The Morgan fingerprint density at radius 3 is 2.27 bits per heavy atom. The standard InChI is InChI=1S/C32H37FO4/c1-7-8-9-24(19-31(34)36-6)23-11-13-25(14-12-23)37-21-22-10-16-29(32(2,3)4)27(18-22)28-20-26(35-5)15-17-30(28)33/h8-18,20,24H,7,19,21H2,1-6H3/t24-/m1/s1. The molecule has 0 spiro atoms. The third kappa shape index (κ3) is 7.45. The fourth-order valence-corrected chi connectivity index (χ4v) is 4.23. The quantitative estimate of drug-likeness (QED) is 0.207. The van der Waals surface area contributed by atoms with Crippen LogP contribution in [0.15, 0.2) is 72.8 Å². The molecule has 3 aromatic rings. The van der Waals surface area contributed by atoms with Gasteiger partial charge in [-0.15, -0.1) is 0 Å². The van der Waals surface area contributed by atoms with E-state index in [1.165, 1.54) is 13.2 Å². The Morgan fingerprint density at radius 2 is 1.65 bits per heavy atom. The van der Waals surface area contributed by atoms with E-state index < -0.39 is 0 Å². The Bertz CT molecular complexity index is 1220. The second kappa shape index (κ2) is 12.6. The van der Waals surface area contributed by atoms with Gasteiger partial charge in [-0.2, -0.15) is 0 Å². The number of hydrogen-bond acceptors (Lipinski definition) is 4. The molecule has 37 heavy (non-hydrogen) atoms. The fourth-order valence-electron chi connectivity index (χ4n) is 4.23. The van der Waals surface area contributed by atoms with Crippen LogP contribution in [0, 0.1) is 5.82 Å². The monoisotopic (exact) mass is 504 g/mol. The van der Waals surface area contributed by atoms with Crippen molar-refractivity contribution in [3.63, 3.8) is 0 Å². The zero-order chi connectivity index (χ0) is 27.0. The average Bonchev–Trinajstić information content (AvgIpc) is 2.89. The molecule has 0 unspecified atom stereocenters. The number of rotatable bonds is 10. The summed E-state index contributed by atoms with van der Waals surface area (Å²) in [6.07, 6.45) is 5.29. The maximum atomic E-state index is 14.9. The minimum atomic E-state index is -0.293. The summed E-state index contributed by atoms with van der Waals surface area (Å²) < 4.78 is 31.2. The predicted octanol–water partition coefficient (Wildman–Crippen LogP) is 7.99. The first-order valence-corrected chi connectivity index (χ1v) is 12.6. The smallest absolute Gasteiger partial charge is 0.306 e. The van der Waals surface area contributed by atoms with Crippen molar-refractivity contribution in [1.29, 1.82) is 0 Å². The maximum Gasteiger partial charge on any atom is 0.306 e. The van der Waals surface area contributed by atoms with E-state index >= 15 is 0 Å². The molecule has 0 bridgehead atoms. The average molecular weight is 505 g/mol. The molecule has 0 aliphatic rings. The van der Waals surface area contributed by atoms with Gasteiger partial charge in [0.1, 0.15) is 23.9 Å². The Morgan fingerprint density at radius 1 is 0.946 bits per heavy atom. The van der Waals surface area contributed by atoms with Gasteiger partial charge in [0.05, 0.1) is 20.6 Å². The molecular formula is C32H37FO4. The predicted molar refractivity (Wildman–Crippen MR) is 147 cm³/mol. The van der Waals surface area contributed by atoms with Crippen molar-refractivity contribution in [3.05, 3.63) is 95.3 Å². The van der Waals surface area contributed by atoms with Gasteiger partial charge in [0, 0.05) is 11.5 Å². The van der Waals surface area contributed by atoms with Gasteiger partial charge in [-0.3, -0.25) is 4.79 Å². The van der Waals surface area contributed by atoms with Crippen LogP contribution in [0.5, 0.6) is 11.5 Å². The topological polar surface area (TPSA) is 44.8 Å². The van der Waals surface area contributed by atoms with E-state index in [1.807, 2.05) is 48.5 Å². The van der Waals surface area contributed by atoms with Crippen LogP contribution >= 0.6 is 0 Å². The van der Waals surface area contributed by atoms with Crippen LogP contribution in [0.1, 0.15) is 63.1 Å². The van der Waals surface area contributed by atoms with E-state index in [1.54, 1.807) is 19.2 Å². The first-order valence-electron chi connectivity index (χ1n) is 12.6. The Balaban J connectivity index is 1.83. The number of carbonyl (C=O) groups is 1. The van der Waals surface area contributed by atoms with Crippen molar-refractivity contribution in [1.82, 2.24) is 0 Å². The molecule has 0 aliphatic heterocycles. The molecular weight excluding hydrogens is 467 g/mol. The fraction of sp³-hybridized carbons (Fsp3) is 0.344. The Kier molecular flexibility index (Phi) is 9.51. The molecule has 3 aromatic carbocycles. The summed E-state index contributed by atoms with van der Waals surface area (Å²) in [7, 11) is 2.98. The van der Waals surface area contributed by atoms with E-state index in [9.17, 15) is 9.18 Å². The second-order valence-corrected chi connectivity index (χ2v) is 10.1. The van der Waals surface area contributed by atoms with Crippen molar-refractivity contribution < 1.29 is 23.4 Å². The minimum Gasteiger partial charge on any atom is -0.497 e. The lowest BCUT2D eigenvalue weighted by Gasteiger charge is -2.24. The molecule has 0 radical (unpaired) electrons. The molecule has 0 saturated heterocycles. The van der Waals surface area contributed by atoms with Gasteiger partial charge < -0.3 is 14.2 Å². The summed E-state index contributed by atoms with van der Waals surface area (Å²) in [6.45, 7) is 8.74. The van der Waals surface area contributed by atoms with Gasteiger partial charge in [-0.1, -0.05) is 64.1 Å². The molecule has 0 aliphatic carbocycles. The third-order valence-electron chi connectivity index (χ3n) is 6.29. The number of carbonyl (C=O) groups excluding carboxylic acids is 1. The summed E-state index contributed by atoms with van der Waals surface area (Å²) in [5.74, 6) is 0.740. The summed E-state index contributed by atoms with van der Waals surface area (Å²) >= 11 is 0. The van der Waals surface area contributed by atoms with E-state index in [0.717, 1.165) is 28.7 Å². The SMILES string of the molecule is CCC=C[C@H](CC(=O)OC)c1ccc(OCc2ccc(C(C)(C)C)c(-c3cc(OC)ccc3F)c2)cc1. The molecule has 3 rings (SSSR count). The Labute approximate surface area is 220 Å². The molecule has 4 nitrogen and oxygen atoms in total. The van der Waals surface area contributed by atoms with Crippen LogP contribution in [0.3, 0.4) is 0 Å². The number of esters is 1. The summed E-state index contributed by atoms with van der Waals surface area (Å²) in [4.78, 5) is 11.8. The van der Waals surface area contributed by atoms with Crippen molar-refractivity contribution in [2.75, 3.05) is 14.2 Å². The van der Waals surface area contributed by atoms with Crippen molar-refractivity contribution in [2.45, 2.75) is 58.5 Å². The number of ether oxygens (including phenoxy) is 3. The lowest BCUT2D eigenvalue weighted by molar-refractivity contribution is -0.140. The number of methoxy groups -OCH3 is 2. The molecule has 0 heterocycles. The molecule has 5 heteroatoms. The molecule has 0 amide bonds. The van der Waals surface area contributed by atoms with E-state index in [-0.39, 0.29) is 29.5 Å². The second-order valence-electron chi connectivity index (χ2n) is 10.1. The number of allylic oxidation sites excluding steroid dienone is 2. The van der Waals surface area contributed by atoms with Gasteiger partial charge in [-0.25, -0.2) is 4.39 Å². The normalized spacial score (nSPS) is 12.4. The molecule has 0 N–H and O–H groups in total. The van der Waals surface area contributed by atoms with Gasteiger partial charge in [0.25, 0.3) is 0 Å². The molecule has 1 atom stereocenters. The molecule has 0 fully saturated rings. The van der Waals surface area contributed by atoms with E-state index in [2.05, 4.69) is 33.8 Å². The van der Waals surface area contributed by atoms with Crippen LogP contribution in [-0.2, 0) is 21.6 Å². The minimum absolute atomic E-state index is 0.0493. The van der Waals surface area contributed by atoms with Gasteiger partial charge in [0.15, 0.2) is 0 Å².